The molecule has 1 aromatic carbocycles. The van der Waals surface area contributed by atoms with Gasteiger partial charge in [-0.25, -0.2) is 0 Å². The van der Waals surface area contributed by atoms with Gasteiger partial charge in [-0.1, -0.05) is 18.2 Å². The normalized spacial score (nSPS) is 10.4. The van der Waals surface area contributed by atoms with E-state index in [0.29, 0.717) is 13.2 Å². The Labute approximate surface area is 108 Å². The van der Waals surface area contributed by atoms with Gasteiger partial charge < -0.3 is 10.5 Å². The second-order valence-electron chi connectivity index (χ2n) is 4.42. The summed E-state index contributed by atoms with van der Waals surface area (Å²) in [7, 11) is 0. The molecule has 0 aliphatic rings. The van der Waals surface area contributed by atoms with Crippen molar-refractivity contribution in [3.63, 3.8) is 0 Å². The minimum atomic E-state index is 0.481. The number of hydrogen-bond donors (Lipinski definition) is 1. The minimum Gasteiger partial charge on any atom is -0.487 e. The van der Waals surface area contributed by atoms with Crippen molar-refractivity contribution in [2.75, 3.05) is 0 Å². The Morgan fingerprint density at radius 3 is 2.67 bits per heavy atom. The van der Waals surface area contributed by atoms with Crippen LogP contribution in [0.25, 0.3) is 0 Å². The van der Waals surface area contributed by atoms with E-state index in [1.165, 1.54) is 5.56 Å². The van der Waals surface area contributed by atoms with Gasteiger partial charge >= 0.3 is 0 Å². The number of nitrogens with two attached hydrogens (primary N) is 1. The topological polar surface area (TPSA) is 48.1 Å². The van der Waals surface area contributed by atoms with Crippen molar-refractivity contribution in [2.45, 2.75) is 27.0 Å². The SMILES string of the molecule is Cc1ccc(C)c(OCc2ccc(CN)cn2)c1. The molecule has 0 bridgehead atoms. The van der Waals surface area contributed by atoms with E-state index < -0.39 is 0 Å². The largest absolute Gasteiger partial charge is 0.487 e. The van der Waals surface area contributed by atoms with Crippen molar-refractivity contribution in [1.82, 2.24) is 4.98 Å². The molecular formula is C15H18N2O. The molecule has 0 aliphatic carbocycles. The van der Waals surface area contributed by atoms with Gasteiger partial charge in [-0.15, -0.1) is 0 Å². The first-order valence-corrected chi connectivity index (χ1v) is 6.03. The number of aromatic nitrogens is 1. The van der Waals surface area contributed by atoms with Crippen LogP contribution in [0.4, 0.5) is 0 Å². The molecule has 0 saturated carbocycles. The van der Waals surface area contributed by atoms with Crippen LogP contribution < -0.4 is 10.5 Å². The van der Waals surface area contributed by atoms with Gasteiger partial charge in [0.1, 0.15) is 12.4 Å². The predicted octanol–water partition coefficient (Wildman–Crippen LogP) is 2.74. The first-order valence-electron chi connectivity index (χ1n) is 6.03. The highest BCUT2D eigenvalue weighted by atomic mass is 16.5. The zero-order valence-electron chi connectivity index (χ0n) is 10.8. The Bertz CT molecular complexity index is 521. The van der Waals surface area contributed by atoms with Gasteiger partial charge in [0.15, 0.2) is 0 Å². The third-order valence-corrected chi connectivity index (χ3v) is 2.84. The number of nitrogens with zero attached hydrogens (tertiary/aromatic N) is 1. The quantitative estimate of drug-likeness (QED) is 0.896. The second kappa shape index (κ2) is 5.65. The standard InChI is InChI=1S/C15H18N2O/c1-11-3-4-12(2)15(7-11)18-10-14-6-5-13(8-16)9-17-14/h3-7,9H,8,10,16H2,1-2H3. The zero-order valence-corrected chi connectivity index (χ0v) is 10.8. The van der Waals surface area contributed by atoms with Gasteiger partial charge in [0.05, 0.1) is 5.69 Å². The first-order chi connectivity index (χ1) is 8.69. The van der Waals surface area contributed by atoms with E-state index in [4.69, 9.17) is 10.5 Å². The fourth-order valence-corrected chi connectivity index (χ4v) is 1.68. The van der Waals surface area contributed by atoms with E-state index in [-0.39, 0.29) is 0 Å². The van der Waals surface area contributed by atoms with Gasteiger partial charge in [0.25, 0.3) is 0 Å². The fraction of sp³-hybridized carbons (Fsp3) is 0.267. The lowest BCUT2D eigenvalue weighted by Crippen LogP contribution is -2.02. The summed E-state index contributed by atoms with van der Waals surface area (Å²) in [6.07, 6.45) is 1.79. The van der Waals surface area contributed by atoms with Crippen molar-refractivity contribution in [3.05, 3.63) is 58.9 Å². The molecule has 2 N–H and O–H groups in total. The molecule has 0 unspecified atom stereocenters. The minimum absolute atomic E-state index is 0.481. The summed E-state index contributed by atoms with van der Waals surface area (Å²) in [5.41, 5.74) is 9.81. The molecule has 3 nitrogen and oxygen atoms in total. The zero-order chi connectivity index (χ0) is 13.0. The van der Waals surface area contributed by atoms with Gasteiger partial charge in [-0.2, -0.15) is 0 Å². The molecule has 0 aliphatic heterocycles. The highest BCUT2D eigenvalue weighted by molar-refractivity contribution is 5.36. The number of benzene rings is 1. The number of ether oxygens (including phenoxy) is 1. The Kier molecular flexibility index (Phi) is 3.95. The van der Waals surface area contributed by atoms with Crippen LogP contribution in [-0.4, -0.2) is 4.98 Å². The first kappa shape index (κ1) is 12.6. The van der Waals surface area contributed by atoms with Crippen molar-refractivity contribution >= 4 is 0 Å². The van der Waals surface area contributed by atoms with Crippen LogP contribution in [-0.2, 0) is 13.2 Å². The maximum atomic E-state index is 5.78. The molecule has 0 radical (unpaired) electrons. The molecule has 3 heteroatoms. The lowest BCUT2D eigenvalue weighted by molar-refractivity contribution is 0.299. The molecule has 0 amide bonds. The number of aryl methyl sites for hydroxylation is 2. The Balaban J connectivity index is 2.04. The molecule has 0 spiro atoms. The van der Waals surface area contributed by atoms with Crippen LogP contribution in [0.1, 0.15) is 22.4 Å². The summed E-state index contributed by atoms with van der Waals surface area (Å²) in [4.78, 5) is 4.31. The third-order valence-electron chi connectivity index (χ3n) is 2.84. The van der Waals surface area contributed by atoms with Crippen LogP contribution in [0.3, 0.4) is 0 Å². The summed E-state index contributed by atoms with van der Waals surface area (Å²) in [6.45, 7) is 5.10. The number of pyridine rings is 1. The van der Waals surface area contributed by atoms with Crippen molar-refractivity contribution in [3.8, 4) is 5.75 Å². The summed E-state index contributed by atoms with van der Waals surface area (Å²) in [5, 5.41) is 0. The van der Waals surface area contributed by atoms with Crippen LogP contribution in [0.2, 0.25) is 0 Å². The predicted molar refractivity (Wildman–Crippen MR) is 72.4 cm³/mol. The highest BCUT2D eigenvalue weighted by Crippen LogP contribution is 2.20. The van der Waals surface area contributed by atoms with Crippen molar-refractivity contribution in [1.29, 1.82) is 0 Å². The Hall–Kier alpha value is -1.87. The van der Waals surface area contributed by atoms with Crippen molar-refractivity contribution < 1.29 is 4.74 Å². The van der Waals surface area contributed by atoms with Gasteiger partial charge in [0, 0.05) is 12.7 Å². The molecular weight excluding hydrogens is 224 g/mol. The van der Waals surface area contributed by atoms with Gasteiger partial charge in [-0.05, 0) is 42.7 Å². The highest BCUT2D eigenvalue weighted by Gasteiger charge is 2.01. The van der Waals surface area contributed by atoms with Crippen molar-refractivity contribution in [2.24, 2.45) is 5.73 Å². The van der Waals surface area contributed by atoms with E-state index in [1.54, 1.807) is 6.20 Å². The molecule has 94 valence electrons. The molecule has 0 saturated heterocycles. The summed E-state index contributed by atoms with van der Waals surface area (Å²) >= 11 is 0. The van der Waals surface area contributed by atoms with E-state index in [2.05, 4.69) is 24.0 Å². The van der Waals surface area contributed by atoms with E-state index in [0.717, 1.165) is 22.6 Å². The van der Waals surface area contributed by atoms with E-state index in [1.807, 2.05) is 25.1 Å². The monoisotopic (exact) mass is 242 g/mol. The molecule has 2 aromatic rings. The number of hydrogen-bond acceptors (Lipinski definition) is 3. The van der Waals surface area contributed by atoms with Gasteiger partial charge in [-0.3, -0.25) is 4.98 Å². The lowest BCUT2D eigenvalue weighted by Gasteiger charge is -2.09. The van der Waals surface area contributed by atoms with Crippen LogP contribution >= 0.6 is 0 Å². The molecule has 0 atom stereocenters. The third kappa shape index (κ3) is 3.08. The second-order valence-corrected chi connectivity index (χ2v) is 4.42. The van der Waals surface area contributed by atoms with Crippen LogP contribution in [0.15, 0.2) is 36.5 Å². The van der Waals surface area contributed by atoms with E-state index in [9.17, 15) is 0 Å². The molecule has 2 rings (SSSR count). The summed E-state index contributed by atoms with van der Waals surface area (Å²) < 4.78 is 5.78. The average molecular weight is 242 g/mol. The number of rotatable bonds is 4. The van der Waals surface area contributed by atoms with E-state index >= 15 is 0 Å². The molecule has 18 heavy (non-hydrogen) atoms. The Morgan fingerprint density at radius 1 is 1.17 bits per heavy atom. The smallest absolute Gasteiger partial charge is 0.130 e. The van der Waals surface area contributed by atoms with Crippen LogP contribution in [0, 0.1) is 13.8 Å². The maximum Gasteiger partial charge on any atom is 0.130 e. The Morgan fingerprint density at radius 2 is 2.00 bits per heavy atom. The van der Waals surface area contributed by atoms with Gasteiger partial charge in [0.2, 0.25) is 0 Å². The molecule has 0 fully saturated rings. The summed E-state index contributed by atoms with van der Waals surface area (Å²) in [6, 6.07) is 10.1. The summed E-state index contributed by atoms with van der Waals surface area (Å²) in [5.74, 6) is 0.916. The lowest BCUT2D eigenvalue weighted by atomic mass is 10.1. The fourth-order valence-electron chi connectivity index (χ4n) is 1.68. The molecule has 1 heterocycles. The molecule has 1 aromatic heterocycles. The maximum absolute atomic E-state index is 5.78. The van der Waals surface area contributed by atoms with Crippen LogP contribution in [0.5, 0.6) is 5.75 Å². The average Bonchev–Trinajstić information content (AvgIpc) is 2.40.